The monoisotopic (exact) mass is 606 g/mol. The van der Waals surface area contributed by atoms with E-state index in [0.717, 1.165) is 43.5 Å². The molecule has 0 aliphatic heterocycles. The average molecular weight is 607 g/mol. The smallest absolute Gasteiger partial charge is 0.214 e. The molecule has 0 spiro atoms. The van der Waals surface area contributed by atoms with Crippen LogP contribution in [0.2, 0.25) is 0 Å². The van der Waals surface area contributed by atoms with E-state index in [0.29, 0.717) is 11.8 Å². The van der Waals surface area contributed by atoms with Gasteiger partial charge in [0.1, 0.15) is 0 Å². The Hall–Kier alpha value is -2.90. The van der Waals surface area contributed by atoms with E-state index in [1.54, 1.807) is 45.3 Å². The summed E-state index contributed by atoms with van der Waals surface area (Å²) in [4.78, 5) is 34.0. The van der Waals surface area contributed by atoms with Crippen LogP contribution >= 0.6 is 45.3 Å². The van der Waals surface area contributed by atoms with Crippen LogP contribution < -0.4 is 0 Å². The Morgan fingerprint density at radius 1 is 0.537 bits per heavy atom. The summed E-state index contributed by atoms with van der Waals surface area (Å²) >= 11 is 6.67. The molecule has 4 heterocycles. The van der Waals surface area contributed by atoms with Gasteiger partial charge in [-0.1, -0.05) is 64.1 Å². The normalized spacial score (nSPS) is 15.8. The lowest BCUT2D eigenvalue weighted by atomic mass is 9.66. The highest BCUT2D eigenvalue weighted by Crippen LogP contribution is 2.69. The van der Waals surface area contributed by atoms with E-state index < -0.39 is 0 Å². The molecule has 9 rings (SSSR count). The zero-order chi connectivity index (χ0) is 27.9. The van der Waals surface area contributed by atoms with Crippen LogP contribution in [-0.2, 0) is 5.41 Å². The molecule has 41 heavy (non-hydrogen) atoms. The number of ketones is 2. The van der Waals surface area contributed by atoms with Crippen molar-refractivity contribution in [3.63, 3.8) is 0 Å². The van der Waals surface area contributed by atoms with E-state index in [9.17, 15) is 9.59 Å². The minimum absolute atomic E-state index is 0.187. The largest absolute Gasteiger partial charge is 0.287 e. The summed E-state index contributed by atoms with van der Waals surface area (Å²) in [6, 6.07) is 17.0. The third kappa shape index (κ3) is 2.92. The molecule has 0 saturated heterocycles. The quantitative estimate of drug-likeness (QED) is 0.200. The van der Waals surface area contributed by atoms with Crippen molar-refractivity contribution in [1.82, 2.24) is 0 Å². The van der Waals surface area contributed by atoms with Gasteiger partial charge in [0.25, 0.3) is 0 Å². The molecule has 0 radical (unpaired) electrons. The van der Waals surface area contributed by atoms with Gasteiger partial charge in [-0.3, -0.25) is 9.59 Å². The standard InChI is InChI=1S/C35H26O2S4/c1-15(2)13-35(14-16(3)4)25-23-21-17-9-5-7-11-19(17)38-29(21)27(36)31(23)40-33(25)34-26(35)24-22-18-10-6-8-12-20(18)39-30(22)28(37)32(24)41-34/h5-12,15-16H,13-14H2,1-4H3. The van der Waals surface area contributed by atoms with Crippen LogP contribution in [0.5, 0.6) is 0 Å². The Bertz CT molecular complexity index is 2000. The van der Waals surface area contributed by atoms with Gasteiger partial charge in [-0.05, 0) is 47.9 Å². The molecule has 0 amide bonds. The van der Waals surface area contributed by atoms with Gasteiger partial charge in [-0.2, -0.15) is 0 Å². The maximum Gasteiger partial charge on any atom is 0.214 e. The fourth-order valence-electron chi connectivity index (χ4n) is 8.02. The Labute approximate surface area is 254 Å². The van der Waals surface area contributed by atoms with E-state index in [2.05, 4.69) is 76.2 Å². The van der Waals surface area contributed by atoms with Crippen LogP contribution in [0.15, 0.2) is 48.5 Å². The molecular weight excluding hydrogens is 581 g/mol. The predicted molar refractivity (Wildman–Crippen MR) is 176 cm³/mol. The van der Waals surface area contributed by atoms with E-state index >= 15 is 0 Å². The lowest BCUT2D eigenvalue weighted by molar-refractivity contribution is 0.104. The summed E-state index contributed by atoms with van der Waals surface area (Å²) in [5, 5.41) is 2.40. The van der Waals surface area contributed by atoms with E-state index in [1.807, 2.05) is 0 Å². The highest BCUT2D eigenvalue weighted by Gasteiger charge is 2.55. The fraction of sp³-hybridized carbons (Fsp3) is 0.257. The lowest BCUT2D eigenvalue weighted by Gasteiger charge is -2.36. The highest BCUT2D eigenvalue weighted by atomic mass is 32.1. The number of hydrogen-bond donors (Lipinski definition) is 0. The Morgan fingerprint density at radius 3 is 1.34 bits per heavy atom. The van der Waals surface area contributed by atoms with Gasteiger partial charge in [0.15, 0.2) is 0 Å². The fourth-order valence-corrected chi connectivity index (χ4v) is 13.3. The maximum absolute atomic E-state index is 14.0. The molecule has 6 aromatic rings. The zero-order valence-electron chi connectivity index (χ0n) is 23.1. The molecule has 0 bridgehead atoms. The van der Waals surface area contributed by atoms with Gasteiger partial charge < -0.3 is 0 Å². The molecule has 0 fully saturated rings. The molecule has 202 valence electrons. The Kier molecular flexibility index (Phi) is 4.90. The topological polar surface area (TPSA) is 34.1 Å². The summed E-state index contributed by atoms with van der Waals surface area (Å²) in [6.45, 7) is 9.30. The van der Waals surface area contributed by atoms with E-state index in [-0.39, 0.29) is 17.0 Å². The number of benzene rings is 2. The van der Waals surface area contributed by atoms with Crippen LogP contribution in [0, 0.1) is 11.8 Å². The lowest BCUT2D eigenvalue weighted by Crippen LogP contribution is -2.30. The third-order valence-corrected chi connectivity index (χ3v) is 13.9. The number of rotatable bonds is 4. The minimum Gasteiger partial charge on any atom is -0.287 e. The zero-order valence-corrected chi connectivity index (χ0v) is 26.4. The third-order valence-electron chi connectivity index (χ3n) is 9.01. The van der Waals surface area contributed by atoms with Crippen molar-refractivity contribution in [3.8, 4) is 32.0 Å². The number of carbonyl (C=O) groups excluding carboxylic acids is 2. The summed E-state index contributed by atoms with van der Waals surface area (Å²) in [5.74, 6) is 1.27. The van der Waals surface area contributed by atoms with Gasteiger partial charge in [0.05, 0.1) is 29.3 Å². The second-order valence-corrected chi connectivity index (χ2v) is 16.7. The number of thiophene rings is 4. The summed E-state index contributed by atoms with van der Waals surface area (Å²) in [7, 11) is 0. The number of fused-ring (bicyclic) bond motifs is 15. The number of carbonyl (C=O) groups is 2. The van der Waals surface area contributed by atoms with Gasteiger partial charge in [0.2, 0.25) is 11.6 Å². The second kappa shape index (κ2) is 8.13. The molecule has 3 aliphatic carbocycles. The predicted octanol–water partition coefficient (Wildman–Crippen LogP) is 11.0. The van der Waals surface area contributed by atoms with E-state index in [4.69, 9.17) is 0 Å². The highest BCUT2D eigenvalue weighted by molar-refractivity contribution is 7.28. The first-order valence-corrected chi connectivity index (χ1v) is 17.5. The van der Waals surface area contributed by atoms with Crippen molar-refractivity contribution in [3.05, 3.63) is 79.2 Å². The Morgan fingerprint density at radius 2 is 0.927 bits per heavy atom. The van der Waals surface area contributed by atoms with Crippen molar-refractivity contribution in [2.75, 3.05) is 0 Å². The molecule has 6 heteroatoms. The molecule has 2 aromatic carbocycles. The van der Waals surface area contributed by atoms with Crippen LogP contribution in [0.3, 0.4) is 0 Å². The molecular formula is C35H26O2S4. The van der Waals surface area contributed by atoms with Crippen LogP contribution in [0.4, 0.5) is 0 Å². The van der Waals surface area contributed by atoms with Crippen molar-refractivity contribution in [1.29, 1.82) is 0 Å². The van der Waals surface area contributed by atoms with Crippen molar-refractivity contribution in [2.24, 2.45) is 11.8 Å². The molecule has 3 aliphatic rings. The summed E-state index contributed by atoms with van der Waals surface area (Å²) in [6.07, 6.45) is 1.99. The van der Waals surface area contributed by atoms with Crippen molar-refractivity contribution >= 4 is 77.1 Å². The van der Waals surface area contributed by atoms with Crippen LogP contribution in [0.25, 0.3) is 52.2 Å². The van der Waals surface area contributed by atoms with Crippen molar-refractivity contribution < 1.29 is 9.59 Å². The first kappa shape index (κ1) is 24.7. The molecule has 0 atom stereocenters. The second-order valence-electron chi connectivity index (χ2n) is 12.6. The van der Waals surface area contributed by atoms with Gasteiger partial charge in [0, 0.05) is 47.8 Å². The molecule has 4 aromatic heterocycles. The van der Waals surface area contributed by atoms with Gasteiger partial charge in [-0.25, -0.2) is 0 Å². The van der Waals surface area contributed by atoms with Crippen LogP contribution in [-0.4, -0.2) is 11.6 Å². The molecule has 0 unspecified atom stereocenters. The van der Waals surface area contributed by atoms with Gasteiger partial charge >= 0.3 is 0 Å². The SMILES string of the molecule is CC(C)CC1(CC(C)C)c2c(sc3c2-c2c(sc4ccccc24)C3=O)-c2sc3c(c21)-c1c(sc2ccccc12)C3=O. The van der Waals surface area contributed by atoms with E-state index in [1.165, 1.54) is 52.2 Å². The van der Waals surface area contributed by atoms with Crippen molar-refractivity contribution in [2.45, 2.75) is 46.0 Å². The summed E-state index contributed by atoms with van der Waals surface area (Å²) in [5.41, 5.74) is 7.20. The molecule has 0 N–H and O–H groups in total. The number of hydrogen-bond acceptors (Lipinski definition) is 6. The summed E-state index contributed by atoms with van der Waals surface area (Å²) < 4.78 is 2.37. The van der Waals surface area contributed by atoms with Gasteiger partial charge in [-0.15, -0.1) is 45.3 Å². The minimum atomic E-state index is -0.253. The average Bonchev–Trinajstić information content (AvgIpc) is 3.75. The maximum atomic E-state index is 14.0. The molecule has 0 saturated carbocycles. The first-order chi connectivity index (χ1) is 19.8. The Balaban J connectivity index is 1.42. The molecule has 2 nitrogen and oxygen atoms in total. The van der Waals surface area contributed by atoms with Crippen LogP contribution in [0.1, 0.15) is 80.8 Å². The first-order valence-electron chi connectivity index (χ1n) is 14.3.